The first kappa shape index (κ1) is 14.9. The summed E-state index contributed by atoms with van der Waals surface area (Å²) >= 11 is 0. The molecule has 21 heavy (non-hydrogen) atoms. The van der Waals surface area contributed by atoms with Crippen molar-refractivity contribution in [1.82, 2.24) is 4.98 Å². The number of benzene rings is 1. The van der Waals surface area contributed by atoms with E-state index < -0.39 is 4.92 Å². The Morgan fingerprint density at radius 2 is 2.10 bits per heavy atom. The lowest BCUT2D eigenvalue weighted by atomic mass is 10.1. The van der Waals surface area contributed by atoms with Crippen LogP contribution in [0.2, 0.25) is 0 Å². The van der Waals surface area contributed by atoms with Gasteiger partial charge in [-0.15, -0.1) is 0 Å². The zero-order valence-electron chi connectivity index (χ0n) is 11.9. The molecule has 0 aliphatic rings. The van der Waals surface area contributed by atoms with Crippen LogP contribution in [0.25, 0.3) is 0 Å². The predicted octanol–water partition coefficient (Wildman–Crippen LogP) is 3.10. The second-order valence-electron chi connectivity index (χ2n) is 4.68. The highest BCUT2D eigenvalue weighted by molar-refractivity contribution is 5.48. The maximum absolute atomic E-state index is 10.8. The van der Waals surface area contributed by atoms with Crippen LogP contribution in [-0.2, 0) is 4.74 Å². The Morgan fingerprint density at radius 3 is 2.67 bits per heavy atom. The summed E-state index contributed by atoms with van der Waals surface area (Å²) in [6.45, 7) is 2.17. The number of rotatable bonds is 6. The van der Waals surface area contributed by atoms with Crippen molar-refractivity contribution in [2.24, 2.45) is 0 Å². The van der Waals surface area contributed by atoms with Gasteiger partial charge in [-0.05, 0) is 18.6 Å². The van der Waals surface area contributed by atoms with Crippen molar-refractivity contribution in [2.45, 2.75) is 13.0 Å². The molecule has 0 spiro atoms. The van der Waals surface area contributed by atoms with Crippen molar-refractivity contribution in [1.29, 1.82) is 0 Å². The van der Waals surface area contributed by atoms with Gasteiger partial charge in [0.25, 0.3) is 5.69 Å². The minimum atomic E-state index is -0.435. The van der Waals surface area contributed by atoms with Crippen molar-refractivity contribution in [3.05, 3.63) is 63.8 Å². The summed E-state index contributed by atoms with van der Waals surface area (Å²) in [6, 6.07) is 11.4. The zero-order chi connectivity index (χ0) is 15.2. The van der Waals surface area contributed by atoms with Gasteiger partial charge in [0.2, 0.25) is 0 Å². The number of aromatic nitrogens is 1. The van der Waals surface area contributed by atoms with E-state index in [1.807, 2.05) is 30.3 Å². The molecule has 0 aliphatic heterocycles. The average molecular weight is 287 g/mol. The molecule has 0 aliphatic carbocycles. The molecule has 1 heterocycles. The molecule has 1 unspecified atom stereocenters. The molecular formula is C15H17N3O3. The fraction of sp³-hybridized carbons (Fsp3) is 0.267. The lowest BCUT2D eigenvalue weighted by molar-refractivity contribution is -0.385. The predicted molar refractivity (Wildman–Crippen MR) is 80.3 cm³/mol. The molecule has 0 amide bonds. The van der Waals surface area contributed by atoms with Crippen LogP contribution in [0, 0.1) is 17.0 Å². The summed E-state index contributed by atoms with van der Waals surface area (Å²) in [5.41, 5.74) is 1.66. The van der Waals surface area contributed by atoms with Crippen LogP contribution < -0.4 is 5.32 Å². The first-order valence-corrected chi connectivity index (χ1v) is 6.53. The van der Waals surface area contributed by atoms with Crippen LogP contribution in [0.3, 0.4) is 0 Å². The minimum absolute atomic E-state index is 0.0172. The highest BCUT2D eigenvalue weighted by Gasteiger charge is 2.15. The van der Waals surface area contributed by atoms with E-state index in [1.54, 1.807) is 20.1 Å². The van der Waals surface area contributed by atoms with Gasteiger partial charge in [-0.1, -0.05) is 30.3 Å². The van der Waals surface area contributed by atoms with Gasteiger partial charge in [0, 0.05) is 12.7 Å². The first-order chi connectivity index (χ1) is 10.1. The second kappa shape index (κ2) is 6.81. The molecule has 2 aromatic rings. The number of pyridine rings is 1. The van der Waals surface area contributed by atoms with Gasteiger partial charge in [0.1, 0.15) is 12.0 Å². The molecule has 1 aromatic heterocycles. The number of aryl methyl sites for hydroxylation is 1. The highest BCUT2D eigenvalue weighted by Crippen LogP contribution is 2.23. The molecule has 6 heteroatoms. The Hall–Kier alpha value is -2.47. The zero-order valence-corrected chi connectivity index (χ0v) is 11.9. The van der Waals surface area contributed by atoms with Crippen LogP contribution in [0.15, 0.2) is 42.6 Å². The van der Waals surface area contributed by atoms with Gasteiger partial charge in [0.05, 0.1) is 17.6 Å². The fourth-order valence-electron chi connectivity index (χ4n) is 2.07. The third-order valence-electron chi connectivity index (χ3n) is 3.14. The molecule has 0 fully saturated rings. The van der Waals surface area contributed by atoms with E-state index >= 15 is 0 Å². The van der Waals surface area contributed by atoms with Gasteiger partial charge in [-0.2, -0.15) is 0 Å². The molecule has 1 aromatic carbocycles. The van der Waals surface area contributed by atoms with Gasteiger partial charge < -0.3 is 10.1 Å². The molecule has 0 bridgehead atoms. The second-order valence-corrected chi connectivity index (χ2v) is 4.68. The molecule has 1 atom stereocenters. The van der Waals surface area contributed by atoms with Gasteiger partial charge >= 0.3 is 0 Å². The molecule has 0 radical (unpaired) electrons. The number of anilines is 1. The third-order valence-corrected chi connectivity index (χ3v) is 3.14. The molecule has 1 N–H and O–H groups in total. The summed E-state index contributed by atoms with van der Waals surface area (Å²) in [5, 5.41) is 14.0. The Labute approximate surface area is 122 Å². The number of hydrogen-bond acceptors (Lipinski definition) is 5. The van der Waals surface area contributed by atoms with Gasteiger partial charge in [0.15, 0.2) is 0 Å². The maximum Gasteiger partial charge on any atom is 0.290 e. The van der Waals surface area contributed by atoms with E-state index in [9.17, 15) is 10.1 Å². The van der Waals surface area contributed by atoms with Crippen LogP contribution in [0.1, 0.15) is 17.2 Å². The van der Waals surface area contributed by atoms with Crippen LogP contribution in [0.4, 0.5) is 11.5 Å². The molecule has 0 saturated carbocycles. The van der Waals surface area contributed by atoms with Crippen LogP contribution >= 0.6 is 0 Å². The Balaban J connectivity index is 2.21. The smallest absolute Gasteiger partial charge is 0.290 e. The number of ether oxygens (including phenoxy) is 1. The number of nitrogens with one attached hydrogen (secondary N) is 1. The monoisotopic (exact) mass is 287 g/mol. The summed E-state index contributed by atoms with van der Waals surface area (Å²) in [6.07, 6.45) is 1.27. The normalized spacial score (nSPS) is 11.9. The van der Waals surface area contributed by atoms with E-state index in [4.69, 9.17) is 4.74 Å². The third kappa shape index (κ3) is 3.76. The lowest BCUT2D eigenvalue weighted by Gasteiger charge is -2.19. The van der Waals surface area contributed by atoms with Crippen LogP contribution in [0.5, 0.6) is 0 Å². The van der Waals surface area contributed by atoms with E-state index in [2.05, 4.69) is 10.3 Å². The van der Waals surface area contributed by atoms with E-state index in [-0.39, 0.29) is 11.7 Å². The molecule has 0 saturated heterocycles. The first-order valence-electron chi connectivity index (χ1n) is 6.53. The van der Waals surface area contributed by atoms with Crippen molar-refractivity contribution in [2.75, 3.05) is 19.0 Å². The van der Waals surface area contributed by atoms with Crippen molar-refractivity contribution >= 4 is 11.5 Å². The minimum Gasteiger partial charge on any atom is -0.382 e. The summed E-state index contributed by atoms with van der Waals surface area (Å²) in [4.78, 5) is 14.5. The number of methoxy groups -OCH3 is 1. The SMILES string of the molecule is COCC(Nc1cc(C)c([N+](=O)[O-])cn1)c1ccccc1. The Kier molecular flexibility index (Phi) is 4.84. The molecule has 110 valence electrons. The van der Waals surface area contributed by atoms with E-state index in [0.29, 0.717) is 18.0 Å². The maximum atomic E-state index is 10.8. The summed E-state index contributed by atoms with van der Waals surface area (Å²) < 4.78 is 5.22. The lowest BCUT2D eigenvalue weighted by Crippen LogP contribution is -2.17. The van der Waals surface area contributed by atoms with Crippen molar-refractivity contribution < 1.29 is 9.66 Å². The Morgan fingerprint density at radius 1 is 1.38 bits per heavy atom. The average Bonchev–Trinajstić information content (AvgIpc) is 2.47. The van der Waals surface area contributed by atoms with E-state index in [0.717, 1.165) is 5.56 Å². The van der Waals surface area contributed by atoms with Gasteiger partial charge in [-0.3, -0.25) is 10.1 Å². The molecule has 2 rings (SSSR count). The highest BCUT2D eigenvalue weighted by atomic mass is 16.6. The fourth-order valence-corrected chi connectivity index (χ4v) is 2.07. The molecular weight excluding hydrogens is 270 g/mol. The summed E-state index contributed by atoms with van der Waals surface area (Å²) in [5.74, 6) is 0.587. The standard InChI is InChI=1S/C15H17N3O3/c1-11-8-15(16-9-14(11)18(19)20)17-13(10-21-2)12-6-4-3-5-7-12/h3-9,13H,10H2,1-2H3,(H,16,17). The number of hydrogen-bond donors (Lipinski definition) is 1. The number of nitrogens with zero attached hydrogens (tertiary/aromatic N) is 2. The quantitative estimate of drug-likeness (QED) is 0.652. The number of nitro groups is 1. The summed E-state index contributed by atoms with van der Waals surface area (Å²) in [7, 11) is 1.63. The van der Waals surface area contributed by atoms with E-state index in [1.165, 1.54) is 6.20 Å². The Bertz CT molecular complexity index is 617. The largest absolute Gasteiger partial charge is 0.382 e. The van der Waals surface area contributed by atoms with Gasteiger partial charge in [-0.25, -0.2) is 4.98 Å². The van der Waals surface area contributed by atoms with Crippen molar-refractivity contribution in [3.8, 4) is 0 Å². The van der Waals surface area contributed by atoms with Crippen LogP contribution in [-0.4, -0.2) is 23.6 Å². The molecule has 6 nitrogen and oxygen atoms in total. The topological polar surface area (TPSA) is 77.3 Å². The van der Waals surface area contributed by atoms with Crippen molar-refractivity contribution in [3.63, 3.8) is 0 Å².